The number of aliphatic hydroxyl groups excluding tert-OH is 1. The molecule has 94 heavy (non-hydrogen) atoms. The lowest BCUT2D eigenvalue weighted by atomic mass is 10.0. The normalized spacial score (nSPS) is 15.4. The van der Waals surface area contributed by atoms with Crippen molar-refractivity contribution in [2.24, 2.45) is 0 Å². The zero-order valence-corrected chi connectivity index (χ0v) is 59.4. The van der Waals surface area contributed by atoms with Crippen LogP contribution in [0.2, 0.25) is 0 Å². The zero-order chi connectivity index (χ0) is 67.4. The van der Waals surface area contributed by atoms with Crippen LogP contribution in [0.1, 0.15) is 368 Å². The van der Waals surface area contributed by atoms with E-state index in [4.69, 9.17) is 34.2 Å². The highest BCUT2D eigenvalue weighted by Crippen LogP contribution is 2.41. The van der Waals surface area contributed by atoms with Gasteiger partial charge in [-0.2, -0.15) is 4.98 Å². The molecule has 0 radical (unpaired) electrons. The first-order valence-electron chi connectivity index (χ1n) is 38.5. The molecule has 15 nitrogen and oxygen atoms in total. The zero-order valence-electron chi connectivity index (χ0n) is 59.4. The van der Waals surface area contributed by atoms with Gasteiger partial charge in [-0.15, -0.1) is 0 Å². The Balaban J connectivity index is 1.40. The topological polar surface area (TPSA) is 208 Å². The van der Waals surface area contributed by atoms with Gasteiger partial charge >= 0.3 is 17.6 Å². The third-order valence-electron chi connectivity index (χ3n) is 18.6. The van der Waals surface area contributed by atoms with E-state index in [0.717, 1.165) is 62.4 Å². The summed E-state index contributed by atoms with van der Waals surface area (Å²) in [5.41, 5.74) is 5.10. The van der Waals surface area contributed by atoms with E-state index < -0.39 is 61.2 Å². The molecule has 0 spiro atoms. The molecular weight excluding hydrogens is 1180 g/mol. The van der Waals surface area contributed by atoms with E-state index in [0.29, 0.717) is 37.1 Å². The molecule has 0 amide bonds. The number of hydrogen-bond acceptors (Lipinski definition) is 14. The van der Waals surface area contributed by atoms with E-state index in [-0.39, 0.29) is 22.6 Å². The van der Waals surface area contributed by atoms with Crippen molar-refractivity contribution in [1.82, 2.24) is 9.55 Å². The number of carbonyl (C=O) groups is 3. The van der Waals surface area contributed by atoms with Crippen LogP contribution in [0, 0.1) is 0 Å². The molecule has 1 aliphatic heterocycles. The average Bonchev–Trinajstić information content (AvgIpc) is 1.58. The smallest absolute Gasteiger partial charge is 0.352 e. The van der Waals surface area contributed by atoms with Crippen LogP contribution in [0.5, 0.6) is 17.2 Å². The highest BCUT2D eigenvalue weighted by molar-refractivity contribution is 6.08. The van der Waals surface area contributed by atoms with Gasteiger partial charge in [0.2, 0.25) is 17.3 Å². The molecule has 1 saturated heterocycles. The van der Waals surface area contributed by atoms with Gasteiger partial charge in [0.05, 0.1) is 44.1 Å². The third kappa shape index (κ3) is 35.3. The summed E-state index contributed by atoms with van der Waals surface area (Å²) in [4.78, 5) is 58.5. The standard InChI is InChI=1S/C79H131N3O12/c1-4-7-10-13-16-19-22-25-28-31-34-37-40-43-46-52-57-89-69-60-67(77(86)92-65-74(84)94-79(88)63-73(93-71(79)64-83)82-68(62-72(80)81-78(82)87)75(85)66-55-50-49-51-56-66)61-70(90-58-53-47-44-41-38-35-32-29-26-23-20-17-14-11-8-5-2)76(69)91-59-54-48-45-42-39-36-33-30-27-24-21-18-15-12-9-6-3/h49-51,55-56,60-62,71,73,83,88H,4-48,52-54,57-59,63-65H2,1-3H3,(H2,80,81,87)/t71-,73-,79-/m1/s1. The summed E-state index contributed by atoms with van der Waals surface area (Å²) in [5, 5.41) is 22.1. The number of nitrogen functional groups attached to an aromatic ring is 1. The summed E-state index contributed by atoms with van der Waals surface area (Å²) >= 11 is 0. The van der Waals surface area contributed by atoms with Crippen LogP contribution in [0.4, 0.5) is 5.82 Å². The van der Waals surface area contributed by atoms with Crippen LogP contribution in [-0.2, 0) is 19.0 Å². The predicted molar refractivity (Wildman–Crippen MR) is 381 cm³/mol. The molecule has 15 heteroatoms. The minimum atomic E-state index is -2.51. The molecule has 534 valence electrons. The van der Waals surface area contributed by atoms with Crippen LogP contribution in [0.3, 0.4) is 0 Å². The Hall–Kier alpha value is -4.99. The molecule has 1 aromatic heterocycles. The fourth-order valence-corrected chi connectivity index (χ4v) is 12.8. The third-order valence-corrected chi connectivity index (χ3v) is 18.6. The van der Waals surface area contributed by atoms with Gasteiger partial charge in [0, 0.05) is 11.6 Å². The van der Waals surface area contributed by atoms with Gasteiger partial charge in [-0.3, -0.25) is 9.36 Å². The molecule has 1 fully saturated rings. The minimum Gasteiger partial charge on any atom is -0.490 e. The van der Waals surface area contributed by atoms with Gasteiger partial charge in [-0.05, 0) is 31.4 Å². The van der Waals surface area contributed by atoms with Crippen LogP contribution >= 0.6 is 0 Å². The van der Waals surface area contributed by atoms with Crippen molar-refractivity contribution < 1.29 is 53.0 Å². The van der Waals surface area contributed by atoms with Gasteiger partial charge in [-0.25, -0.2) is 14.4 Å². The van der Waals surface area contributed by atoms with Crippen molar-refractivity contribution in [2.75, 3.05) is 38.8 Å². The molecular formula is C79H131N3O12. The van der Waals surface area contributed by atoms with Gasteiger partial charge in [0.1, 0.15) is 18.1 Å². The molecule has 2 aromatic carbocycles. The van der Waals surface area contributed by atoms with E-state index in [1.807, 2.05) is 0 Å². The van der Waals surface area contributed by atoms with Gasteiger partial charge in [0.15, 0.2) is 18.1 Å². The Morgan fingerprint density at radius 2 is 0.862 bits per heavy atom. The molecule has 0 saturated carbocycles. The fraction of sp³-hybridized carbons (Fsp3) is 0.759. The number of carbonyl (C=O) groups excluding carboxylic acids is 3. The summed E-state index contributed by atoms with van der Waals surface area (Å²) in [6.07, 6.45) is 57.2. The van der Waals surface area contributed by atoms with Crippen molar-refractivity contribution in [3.8, 4) is 17.2 Å². The molecule has 3 aromatic rings. The average molecular weight is 1310 g/mol. The Morgan fingerprint density at radius 1 is 0.511 bits per heavy atom. The maximum Gasteiger partial charge on any atom is 0.352 e. The number of esters is 2. The van der Waals surface area contributed by atoms with Crippen LogP contribution in [-0.4, -0.2) is 82.4 Å². The second-order valence-corrected chi connectivity index (χ2v) is 27.0. The fourth-order valence-electron chi connectivity index (χ4n) is 12.8. The summed E-state index contributed by atoms with van der Waals surface area (Å²) in [5.74, 6) is -4.14. The number of ether oxygens (including phenoxy) is 6. The second-order valence-electron chi connectivity index (χ2n) is 27.0. The number of aromatic nitrogens is 2. The number of nitrogens with zero attached hydrogens (tertiary/aromatic N) is 2. The predicted octanol–water partition coefficient (Wildman–Crippen LogP) is 20.3. The van der Waals surface area contributed by atoms with E-state index in [1.165, 1.54) is 256 Å². The van der Waals surface area contributed by atoms with Crippen LogP contribution < -0.4 is 25.6 Å². The first kappa shape index (κ1) is 81.4. The number of ketones is 1. The Kier molecular flexibility index (Phi) is 46.0. The first-order valence-corrected chi connectivity index (χ1v) is 38.5. The molecule has 4 N–H and O–H groups in total. The minimum absolute atomic E-state index is 0.0774. The summed E-state index contributed by atoms with van der Waals surface area (Å²) in [6, 6.07) is 12.6. The van der Waals surface area contributed by atoms with E-state index in [9.17, 15) is 29.4 Å². The number of nitrogens with two attached hydrogens (primary N) is 1. The highest BCUT2D eigenvalue weighted by atomic mass is 16.7. The summed E-state index contributed by atoms with van der Waals surface area (Å²) < 4.78 is 37.6. The maximum atomic E-state index is 14.1. The van der Waals surface area contributed by atoms with E-state index >= 15 is 0 Å². The quantitative estimate of drug-likeness (QED) is 0.0208. The largest absolute Gasteiger partial charge is 0.490 e. The Morgan fingerprint density at radius 3 is 1.22 bits per heavy atom. The van der Waals surface area contributed by atoms with Gasteiger partial charge < -0.3 is 44.4 Å². The number of rotatable bonds is 62. The van der Waals surface area contributed by atoms with Gasteiger partial charge in [-0.1, -0.05) is 340 Å². The Labute approximate surface area is 568 Å². The van der Waals surface area contributed by atoms with Crippen molar-refractivity contribution in [3.63, 3.8) is 0 Å². The monoisotopic (exact) mass is 1310 g/mol. The number of hydrogen-bond donors (Lipinski definition) is 3. The van der Waals surface area contributed by atoms with E-state index in [2.05, 4.69) is 25.8 Å². The van der Waals surface area contributed by atoms with Crippen molar-refractivity contribution in [1.29, 1.82) is 0 Å². The van der Waals surface area contributed by atoms with Crippen LogP contribution in [0.15, 0.2) is 53.3 Å². The lowest BCUT2D eigenvalue weighted by Gasteiger charge is -2.26. The van der Waals surface area contributed by atoms with Crippen LogP contribution in [0.25, 0.3) is 0 Å². The number of benzene rings is 2. The molecule has 2 heterocycles. The van der Waals surface area contributed by atoms with Crippen molar-refractivity contribution in [2.45, 2.75) is 354 Å². The number of unbranched alkanes of at least 4 members (excludes halogenated alkanes) is 45. The van der Waals surface area contributed by atoms with Gasteiger partial charge in [0.25, 0.3) is 0 Å². The van der Waals surface area contributed by atoms with Crippen molar-refractivity contribution >= 4 is 23.5 Å². The lowest BCUT2D eigenvalue weighted by molar-refractivity contribution is -0.233. The second kappa shape index (κ2) is 53.1. The summed E-state index contributed by atoms with van der Waals surface area (Å²) in [6.45, 7) is 6.33. The number of anilines is 1. The summed E-state index contributed by atoms with van der Waals surface area (Å²) in [7, 11) is 0. The highest BCUT2D eigenvalue weighted by Gasteiger charge is 2.52. The van der Waals surface area contributed by atoms with Crippen molar-refractivity contribution in [3.05, 3.63) is 75.8 Å². The first-order chi connectivity index (χ1) is 46.0. The Bertz CT molecular complexity index is 2410. The number of aliphatic hydroxyl groups is 2. The molecule has 1 aliphatic rings. The lowest BCUT2D eigenvalue weighted by Crippen LogP contribution is -2.45. The molecule has 0 aliphatic carbocycles. The molecule has 3 atom stereocenters. The molecule has 4 rings (SSSR count). The molecule has 0 unspecified atom stereocenters. The molecule has 0 bridgehead atoms. The maximum absolute atomic E-state index is 14.1. The van der Waals surface area contributed by atoms with E-state index in [1.54, 1.807) is 42.5 Å². The SMILES string of the molecule is CCCCCCCCCCCCCCCCCCOc1cc(C(=O)OCC(=O)O[C@]2(O)C[C@H](n3c(C(=O)c4ccccc4)cc(N)nc3=O)O[C@@H]2CO)cc(OCCCCCCCCCCCCCCCCCC)c1OCCCCCCCCCCCCCCCCCC.